The maximum absolute atomic E-state index is 14.3. The number of hydrogen-bond acceptors (Lipinski definition) is 4. The molecule has 1 aromatic heterocycles. The summed E-state index contributed by atoms with van der Waals surface area (Å²) < 4.78 is 15.6. The molecular formula is C13H18FN3O2S. The molecule has 1 aliphatic rings. The molecule has 7 heteroatoms. The van der Waals surface area contributed by atoms with Crippen LogP contribution < -0.4 is 11.0 Å². The van der Waals surface area contributed by atoms with Gasteiger partial charge in [-0.05, 0) is 12.5 Å². The Hall–Kier alpha value is -1.37. The first-order chi connectivity index (χ1) is 9.43. The van der Waals surface area contributed by atoms with Crippen molar-refractivity contribution in [2.75, 3.05) is 5.32 Å². The molecule has 2 heterocycles. The number of amides is 1. The topological polar surface area (TPSA) is 64.0 Å². The van der Waals surface area contributed by atoms with Crippen LogP contribution in [0.1, 0.15) is 32.6 Å². The van der Waals surface area contributed by atoms with Crippen LogP contribution in [0.4, 0.5) is 10.2 Å². The lowest BCUT2D eigenvalue weighted by molar-refractivity contribution is -0.114. The van der Waals surface area contributed by atoms with Gasteiger partial charge in [-0.25, -0.2) is 9.18 Å². The fourth-order valence-electron chi connectivity index (χ4n) is 2.39. The summed E-state index contributed by atoms with van der Waals surface area (Å²) in [6.07, 6.45) is 1.29. The van der Waals surface area contributed by atoms with E-state index in [2.05, 4.69) is 10.3 Å². The SMILES string of the molecule is CC[C@H]1S[C@H](n2ccc(NC(C)=O)nc2=O)[C@@H](F)[C@@H]1C. The predicted octanol–water partition coefficient (Wildman–Crippen LogP) is 2.20. The highest BCUT2D eigenvalue weighted by atomic mass is 32.2. The van der Waals surface area contributed by atoms with Gasteiger partial charge in [-0.1, -0.05) is 13.8 Å². The molecule has 110 valence electrons. The average Bonchev–Trinajstić information content (AvgIpc) is 2.66. The van der Waals surface area contributed by atoms with Gasteiger partial charge in [-0.2, -0.15) is 4.98 Å². The summed E-state index contributed by atoms with van der Waals surface area (Å²) in [6.45, 7) is 5.23. The molecule has 0 radical (unpaired) electrons. The van der Waals surface area contributed by atoms with Crippen LogP contribution in [0.5, 0.6) is 0 Å². The molecule has 1 amide bonds. The molecule has 0 bridgehead atoms. The van der Waals surface area contributed by atoms with E-state index in [-0.39, 0.29) is 22.9 Å². The second-order valence-electron chi connectivity index (χ2n) is 4.96. The molecule has 1 aliphatic heterocycles. The standard InChI is InChI=1S/C13H18FN3O2S/c1-4-9-7(2)11(14)12(20-9)17-6-5-10(15-8(3)18)16-13(17)19/h5-7,9,11-12H,4H2,1-3H3,(H,15,16,18,19)/t7-,9-,11+,12+/m1/s1. The van der Waals surface area contributed by atoms with Crippen molar-refractivity contribution in [2.45, 2.75) is 44.0 Å². The van der Waals surface area contributed by atoms with E-state index < -0.39 is 17.2 Å². The molecule has 0 aliphatic carbocycles. The largest absolute Gasteiger partial charge is 0.350 e. The van der Waals surface area contributed by atoms with Crippen molar-refractivity contribution < 1.29 is 9.18 Å². The van der Waals surface area contributed by atoms with E-state index in [0.717, 1.165) is 6.42 Å². The van der Waals surface area contributed by atoms with E-state index in [1.54, 1.807) is 0 Å². The van der Waals surface area contributed by atoms with Gasteiger partial charge in [0.25, 0.3) is 0 Å². The van der Waals surface area contributed by atoms with Crippen molar-refractivity contribution in [1.82, 2.24) is 9.55 Å². The van der Waals surface area contributed by atoms with Crippen LogP contribution in [0.25, 0.3) is 0 Å². The number of thioether (sulfide) groups is 1. The Bertz CT molecular complexity index is 563. The summed E-state index contributed by atoms with van der Waals surface area (Å²) in [4.78, 5) is 26.7. The molecule has 5 nitrogen and oxygen atoms in total. The van der Waals surface area contributed by atoms with Gasteiger partial charge in [0, 0.05) is 24.3 Å². The highest BCUT2D eigenvalue weighted by Crippen LogP contribution is 2.47. The van der Waals surface area contributed by atoms with Gasteiger partial charge in [0.2, 0.25) is 5.91 Å². The second-order valence-corrected chi connectivity index (χ2v) is 6.32. The molecule has 0 unspecified atom stereocenters. The Balaban J connectivity index is 2.26. The smallest absolute Gasteiger partial charge is 0.311 e. The van der Waals surface area contributed by atoms with Gasteiger partial charge in [0.1, 0.15) is 17.4 Å². The van der Waals surface area contributed by atoms with Gasteiger partial charge in [-0.3, -0.25) is 9.36 Å². The van der Waals surface area contributed by atoms with Crippen LogP contribution in [-0.4, -0.2) is 26.9 Å². The molecule has 4 atom stereocenters. The quantitative estimate of drug-likeness (QED) is 0.929. The van der Waals surface area contributed by atoms with Crippen LogP contribution in [-0.2, 0) is 4.79 Å². The number of anilines is 1. The van der Waals surface area contributed by atoms with Crippen molar-refractivity contribution in [3.63, 3.8) is 0 Å². The number of alkyl halides is 1. The monoisotopic (exact) mass is 299 g/mol. The molecule has 1 N–H and O–H groups in total. The number of halogens is 1. The van der Waals surface area contributed by atoms with E-state index >= 15 is 0 Å². The summed E-state index contributed by atoms with van der Waals surface area (Å²) in [5.41, 5.74) is -0.541. The van der Waals surface area contributed by atoms with Crippen molar-refractivity contribution in [3.8, 4) is 0 Å². The number of rotatable bonds is 3. The first kappa shape index (κ1) is 15.0. The van der Waals surface area contributed by atoms with E-state index in [1.807, 2.05) is 13.8 Å². The van der Waals surface area contributed by atoms with Crippen molar-refractivity contribution in [2.24, 2.45) is 5.92 Å². The highest BCUT2D eigenvalue weighted by Gasteiger charge is 2.42. The fourth-order valence-corrected chi connectivity index (χ4v) is 4.02. The zero-order chi connectivity index (χ0) is 14.9. The maximum atomic E-state index is 14.3. The zero-order valence-electron chi connectivity index (χ0n) is 11.7. The lowest BCUT2D eigenvalue weighted by Crippen LogP contribution is -2.30. The summed E-state index contributed by atoms with van der Waals surface area (Å²) >= 11 is 1.47. The van der Waals surface area contributed by atoms with Gasteiger partial charge < -0.3 is 5.32 Å². The molecule has 1 saturated heterocycles. The molecule has 20 heavy (non-hydrogen) atoms. The first-order valence-electron chi connectivity index (χ1n) is 6.60. The molecule has 0 aromatic carbocycles. The molecule has 0 saturated carbocycles. The van der Waals surface area contributed by atoms with Gasteiger partial charge in [0.05, 0.1) is 0 Å². The molecule has 1 aromatic rings. The summed E-state index contributed by atoms with van der Waals surface area (Å²) in [5, 5.41) is 2.10. The van der Waals surface area contributed by atoms with Crippen LogP contribution in [0, 0.1) is 5.92 Å². The number of aromatic nitrogens is 2. The third-order valence-corrected chi connectivity index (χ3v) is 5.36. The third-order valence-electron chi connectivity index (χ3n) is 3.49. The Labute approximate surface area is 121 Å². The molecule has 1 fully saturated rings. The van der Waals surface area contributed by atoms with Crippen molar-refractivity contribution in [1.29, 1.82) is 0 Å². The Morgan fingerprint density at radius 2 is 2.30 bits per heavy atom. The molecule has 2 rings (SSSR count). The average molecular weight is 299 g/mol. The minimum Gasteiger partial charge on any atom is -0.311 e. The van der Waals surface area contributed by atoms with E-state index in [1.165, 1.54) is 35.5 Å². The van der Waals surface area contributed by atoms with Crippen molar-refractivity contribution >= 4 is 23.5 Å². The number of carbonyl (C=O) groups excluding carboxylic acids is 1. The predicted molar refractivity (Wildman–Crippen MR) is 77.6 cm³/mol. The minimum atomic E-state index is -1.07. The number of hydrogen-bond donors (Lipinski definition) is 1. The van der Waals surface area contributed by atoms with Gasteiger partial charge >= 0.3 is 5.69 Å². The zero-order valence-corrected chi connectivity index (χ0v) is 12.5. The third kappa shape index (κ3) is 2.87. The lowest BCUT2D eigenvalue weighted by Gasteiger charge is -2.16. The Kier molecular flexibility index (Phi) is 4.47. The fraction of sp³-hybridized carbons (Fsp3) is 0.615. The number of nitrogens with zero attached hydrogens (tertiary/aromatic N) is 2. The van der Waals surface area contributed by atoms with Crippen LogP contribution >= 0.6 is 11.8 Å². The summed E-state index contributed by atoms with van der Waals surface area (Å²) in [7, 11) is 0. The van der Waals surface area contributed by atoms with Crippen molar-refractivity contribution in [3.05, 3.63) is 22.7 Å². The van der Waals surface area contributed by atoms with Crippen LogP contribution in [0.15, 0.2) is 17.1 Å². The Morgan fingerprint density at radius 3 is 2.80 bits per heavy atom. The highest BCUT2D eigenvalue weighted by molar-refractivity contribution is 8.00. The van der Waals surface area contributed by atoms with Gasteiger partial charge in [-0.15, -0.1) is 11.8 Å². The van der Waals surface area contributed by atoms with E-state index in [0.29, 0.717) is 0 Å². The van der Waals surface area contributed by atoms with Crippen LogP contribution in [0.2, 0.25) is 0 Å². The first-order valence-corrected chi connectivity index (χ1v) is 7.54. The summed E-state index contributed by atoms with van der Waals surface area (Å²) in [6, 6.07) is 1.51. The number of nitrogens with one attached hydrogen (secondary N) is 1. The number of carbonyl (C=O) groups is 1. The molecule has 0 spiro atoms. The second kappa shape index (κ2) is 5.95. The van der Waals surface area contributed by atoms with E-state index in [9.17, 15) is 14.0 Å². The summed E-state index contributed by atoms with van der Waals surface area (Å²) in [5.74, 6) is -0.193. The van der Waals surface area contributed by atoms with Gasteiger partial charge in [0.15, 0.2) is 0 Å². The van der Waals surface area contributed by atoms with E-state index in [4.69, 9.17) is 0 Å². The molecular weight excluding hydrogens is 281 g/mol. The Morgan fingerprint density at radius 1 is 1.60 bits per heavy atom. The maximum Gasteiger partial charge on any atom is 0.350 e. The minimum absolute atomic E-state index is 0.0862. The normalized spacial score (nSPS) is 29.4. The van der Waals surface area contributed by atoms with Crippen LogP contribution in [0.3, 0.4) is 0 Å². The lowest BCUT2D eigenvalue weighted by atomic mass is 10.0.